The van der Waals surface area contributed by atoms with Gasteiger partial charge in [-0.25, -0.2) is 0 Å². The molecule has 1 aromatic rings. The number of nitriles is 1. The molecule has 4 heteroatoms. The van der Waals surface area contributed by atoms with Gasteiger partial charge >= 0.3 is 0 Å². The van der Waals surface area contributed by atoms with Gasteiger partial charge in [0.1, 0.15) is 11.8 Å². The predicted molar refractivity (Wildman–Crippen MR) is 72.5 cm³/mol. The lowest BCUT2D eigenvalue weighted by molar-refractivity contribution is 0.391. The van der Waals surface area contributed by atoms with Gasteiger partial charge in [0.2, 0.25) is 0 Å². The van der Waals surface area contributed by atoms with Crippen LogP contribution in [0.15, 0.2) is 24.3 Å². The molecule has 0 radical (unpaired) electrons. The van der Waals surface area contributed by atoms with Crippen molar-refractivity contribution in [2.75, 3.05) is 34.3 Å². The van der Waals surface area contributed by atoms with Gasteiger partial charge in [-0.05, 0) is 51.3 Å². The summed E-state index contributed by atoms with van der Waals surface area (Å²) in [5.41, 5.74) is 0.946. The first-order valence-corrected chi connectivity index (χ1v) is 6.09. The Morgan fingerprint density at radius 3 is 2.83 bits per heavy atom. The van der Waals surface area contributed by atoms with Gasteiger partial charge in [-0.3, -0.25) is 5.32 Å². The minimum absolute atomic E-state index is 0.276. The first-order chi connectivity index (χ1) is 8.67. The van der Waals surface area contributed by atoms with Gasteiger partial charge in [-0.1, -0.05) is 12.1 Å². The normalized spacial score (nSPS) is 12.2. The molecule has 1 unspecified atom stereocenters. The Kier molecular flexibility index (Phi) is 6.20. The highest BCUT2D eigenvalue weighted by Gasteiger charge is 2.09. The van der Waals surface area contributed by atoms with Gasteiger partial charge in [-0.2, -0.15) is 5.26 Å². The molecular weight excluding hydrogens is 226 g/mol. The fraction of sp³-hybridized carbons (Fsp3) is 0.500. The maximum atomic E-state index is 9.19. The maximum absolute atomic E-state index is 9.19. The van der Waals surface area contributed by atoms with E-state index in [4.69, 9.17) is 4.74 Å². The monoisotopic (exact) mass is 247 g/mol. The van der Waals surface area contributed by atoms with E-state index in [1.165, 1.54) is 0 Å². The zero-order valence-corrected chi connectivity index (χ0v) is 11.3. The van der Waals surface area contributed by atoms with Crippen molar-refractivity contribution in [2.24, 2.45) is 0 Å². The summed E-state index contributed by atoms with van der Waals surface area (Å²) in [6.07, 6.45) is 1.02. The molecule has 1 rings (SSSR count). The van der Waals surface area contributed by atoms with Crippen molar-refractivity contribution in [1.82, 2.24) is 10.2 Å². The highest BCUT2D eigenvalue weighted by atomic mass is 16.5. The van der Waals surface area contributed by atoms with Crippen LogP contribution in [0, 0.1) is 11.3 Å². The summed E-state index contributed by atoms with van der Waals surface area (Å²) in [6.45, 7) is 1.84. The van der Waals surface area contributed by atoms with Gasteiger partial charge in [0.25, 0.3) is 0 Å². The molecule has 0 fully saturated rings. The lowest BCUT2D eigenvalue weighted by Crippen LogP contribution is -2.24. The smallest absolute Gasteiger partial charge is 0.121 e. The Morgan fingerprint density at radius 1 is 1.44 bits per heavy atom. The number of ether oxygens (including phenoxy) is 1. The van der Waals surface area contributed by atoms with Crippen LogP contribution in [0.25, 0.3) is 0 Å². The maximum Gasteiger partial charge on any atom is 0.121 e. The molecular formula is C14H21N3O. The van der Waals surface area contributed by atoms with Crippen LogP contribution in [-0.2, 0) is 0 Å². The number of benzene rings is 1. The van der Waals surface area contributed by atoms with Crippen LogP contribution < -0.4 is 10.1 Å². The lowest BCUT2D eigenvalue weighted by Gasteiger charge is -2.14. The largest absolute Gasteiger partial charge is 0.497 e. The third-order valence-electron chi connectivity index (χ3n) is 2.69. The molecule has 0 amide bonds. The zero-order valence-electron chi connectivity index (χ0n) is 11.3. The standard InChI is InChI=1S/C14H21N3O/c1-17(2)9-5-8-16-14(11-15)12-6-4-7-13(10-12)18-3/h4,6-7,10,14,16H,5,8-9H2,1-3H3. The van der Waals surface area contributed by atoms with Crippen molar-refractivity contribution in [3.8, 4) is 11.8 Å². The minimum atomic E-state index is -0.276. The second kappa shape index (κ2) is 7.70. The van der Waals surface area contributed by atoms with Gasteiger partial charge < -0.3 is 9.64 Å². The van der Waals surface area contributed by atoms with E-state index >= 15 is 0 Å². The molecule has 0 bridgehead atoms. The van der Waals surface area contributed by atoms with E-state index in [9.17, 15) is 5.26 Å². The molecule has 98 valence electrons. The number of nitrogens with one attached hydrogen (secondary N) is 1. The van der Waals surface area contributed by atoms with E-state index < -0.39 is 0 Å². The fourth-order valence-corrected chi connectivity index (χ4v) is 1.70. The van der Waals surface area contributed by atoms with E-state index in [0.717, 1.165) is 30.8 Å². The topological polar surface area (TPSA) is 48.3 Å². The highest BCUT2D eigenvalue weighted by molar-refractivity contribution is 5.32. The summed E-state index contributed by atoms with van der Waals surface area (Å²) in [5.74, 6) is 0.780. The molecule has 1 aromatic carbocycles. The highest BCUT2D eigenvalue weighted by Crippen LogP contribution is 2.18. The summed E-state index contributed by atoms with van der Waals surface area (Å²) in [6, 6.07) is 9.62. The first kappa shape index (κ1) is 14.5. The van der Waals surface area contributed by atoms with Crippen LogP contribution in [0.4, 0.5) is 0 Å². The van der Waals surface area contributed by atoms with E-state index in [2.05, 4.69) is 16.3 Å². The van der Waals surface area contributed by atoms with Crippen LogP contribution in [0.2, 0.25) is 0 Å². The van der Waals surface area contributed by atoms with Gasteiger partial charge in [0.15, 0.2) is 0 Å². The van der Waals surface area contributed by atoms with Gasteiger partial charge in [-0.15, -0.1) is 0 Å². The Hall–Kier alpha value is -1.57. The second-order valence-corrected chi connectivity index (χ2v) is 4.45. The molecule has 0 saturated heterocycles. The van der Waals surface area contributed by atoms with Crippen molar-refractivity contribution < 1.29 is 4.74 Å². The van der Waals surface area contributed by atoms with Gasteiger partial charge in [0, 0.05) is 0 Å². The molecule has 0 aliphatic rings. The van der Waals surface area contributed by atoms with Crippen LogP contribution in [0.5, 0.6) is 5.75 Å². The Morgan fingerprint density at radius 2 is 2.22 bits per heavy atom. The number of methoxy groups -OCH3 is 1. The Labute approximate surface area is 109 Å². The molecule has 0 aliphatic carbocycles. The molecule has 0 aromatic heterocycles. The van der Waals surface area contributed by atoms with Crippen molar-refractivity contribution in [1.29, 1.82) is 5.26 Å². The fourth-order valence-electron chi connectivity index (χ4n) is 1.70. The summed E-state index contributed by atoms with van der Waals surface area (Å²) in [5, 5.41) is 12.4. The SMILES string of the molecule is COc1cccc(C(C#N)NCCCN(C)C)c1. The van der Waals surface area contributed by atoms with E-state index in [-0.39, 0.29) is 6.04 Å². The predicted octanol–water partition coefficient (Wildman–Crippen LogP) is 1.80. The quantitative estimate of drug-likeness (QED) is 0.746. The zero-order chi connectivity index (χ0) is 13.4. The lowest BCUT2D eigenvalue weighted by atomic mass is 10.1. The van der Waals surface area contributed by atoms with Crippen LogP contribution in [-0.4, -0.2) is 39.2 Å². The summed E-state index contributed by atoms with van der Waals surface area (Å²) < 4.78 is 5.16. The van der Waals surface area contributed by atoms with Crippen LogP contribution in [0.3, 0.4) is 0 Å². The van der Waals surface area contributed by atoms with Crippen molar-refractivity contribution >= 4 is 0 Å². The van der Waals surface area contributed by atoms with E-state index in [1.807, 2.05) is 38.4 Å². The molecule has 1 N–H and O–H groups in total. The van der Waals surface area contributed by atoms with Crippen molar-refractivity contribution in [3.05, 3.63) is 29.8 Å². The molecule has 0 aliphatic heterocycles. The average Bonchev–Trinajstić information content (AvgIpc) is 2.38. The Bertz CT molecular complexity index is 398. The average molecular weight is 247 g/mol. The van der Waals surface area contributed by atoms with Gasteiger partial charge in [0.05, 0.1) is 13.2 Å². The minimum Gasteiger partial charge on any atom is -0.497 e. The van der Waals surface area contributed by atoms with Crippen LogP contribution in [0.1, 0.15) is 18.0 Å². The third-order valence-corrected chi connectivity index (χ3v) is 2.69. The van der Waals surface area contributed by atoms with E-state index in [1.54, 1.807) is 7.11 Å². The first-order valence-electron chi connectivity index (χ1n) is 6.09. The molecule has 0 spiro atoms. The number of hydrogen-bond acceptors (Lipinski definition) is 4. The summed E-state index contributed by atoms with van der Waals surface area (Å²) >= 11 is 0. The Balaban J connectivity index is 2.52. The van der Waals surface area contributed by atoms with E-state index in [0.29, 0.717) is 0 Å². The number of hydrogen-bond donors (Lipinski definition) is 1. The molecule has 4 nitrogen and oxygen atoms in total. The molecule has 1 atom stereocenters. The van der Waals surface area contributed by atoms with Crippen molar-refractivity contribution in [3.63, 3.8) is 0 Å². The number of rotatable bonds is 7. The molecule has 0 saturated carbocycles. The second-order valence-electron chi connectivity index (χ2n) is 4.45. The molecule has 18 heavy (non-hydrogen) atoms. The third kappa shape index (κ3) is 4.74. The summed E-state index contributed by atoms with van der Waals surface area (Å²) in [7, 11) is 5.72. The van der Waals surface area contributed by atoms with Crippen molar-refractivity contribution in [2.45, 2.75) is 12.5 Å². The number of nitrogens with zero attached hydrogens (tertiary/aromatic N) is 2. The molecule has 0 heterocycles. The summed E-state index contributed by atoms with van der Waals surface area (Å²) in [4.78, 5) is 2.13. The van der Waals surface area contributed by atoms with Crippen LogP contribution >= 0.6 is 0 Å².